The Balaban J connectivity index is 1.58. The average Bonchev–Trinajstić information content (AvgIpc) is 3.43. The smallest absolute Gasteiger partial charge is 0.191 e. The van der Waals surface area contributed by atoms with E-state index in [4.69, 9.17) is 4.74 Å². The number of aromatic nitrogens is 3. The molecule has 1 heterocycles. The summed E-state index contributed by atoms with van der Waals surface area (Å²) < 4.78 is 8.82. The van der Waals surface area contributed by atoms with Gasteiger partial charge < -0.3 is 9.30 Å². The second-order valence-corrected chi connectivity index (χ2v) is 8.29. The number of hydrogen-bond acceptors (Lipinski definition) is 4. The Morgan fingerprint density at radius 1 is 1.15 bits per heavy atom. The fourth-order valence-corrected chi connectivity index (χ4v) is 4.30. The molecule has 1 fully saturated rings. The maximum Gasteiger partial charge on any atom is 0.191 e. The van der Waals surface area contributed by atoms with E-state index in [1.54, 1.807) is 18.9 Å². The molecule has 1 aromatic heterocycles. The quantitative estimate of drug-likeness (QED) is 0.479. The van der Waals surface area contributed by atoms with E-state index in [1.165, 1.54) is 18.4 Å². The molecule has 3 aromatic rings. The number of halogens is 1. The monoisotopic (exact) mass is 429 g/mol. The average molecular weight is 430 g/mol. The van der Waals surface area contributed by atoms with Crippen molar-refractivity contribution < 1.29 is 4.74 Å². The summed E-state index contributed by atoms with van der Waals surface area (Å²) in [5.74, 6) is 3.39. The lowest BCUT2D eigenvalue weighted by Gasteiger charge is -2.11. The lowest BCUT2D eigenvalue weighted by atomic mass is 10.2. The molecule has 0 aliphatic heterocycles. The minimum Gasteiger partial charge on any atom is -0.496 e. The van der Waals surface area contributed by atoms with Crippen molar-refractivity contribution in [3.8, 4) is 5.75 Å². The highest BCUT2D eigenvalue weighted by molar-refractivity contribution is 9.10. The van der Waals surface area contributed by atoms with E-state index in [0.717, 1.165) is 39.1 Å². The third kappa shape index (κ3) is 3.96. The highest BCUT2D eigenvalue weighted by Crippen LogP contribution is 2.40. The molecule has 1 aliphatic rings. The molecule has 0 radical (unpaired) electrons. The van der Waals surface area contributed by atoms with Gasteiger partial charge in [-0.15, -0.1) is 10.2 Å². The predicted octanol–water partition coefficient (Wildman–Crippen LogP) is 5.27. The summed E-state index contributed by atoms with van der Waals surface area (Å²) in [5, 5.41) is 9.96. The Labute approximate surface area is 166 Å². The van der Waals surface area contributed by atoms with Crippen LogP contribution in [0, 0.1) is 0 Å². The molecule has 0 unspecified atom stereocenters. The fourth-order valence-electron chi connectivity index (χ4n) is 2.97. The molecule has 0 atom stereocenters. The van der Waals surface area contributed by atoms with Gasteiger partial charge in [-0.3, -0.25) is 0 Å². The number of ether oxygens (including phenoxy) is 1. The van der Waals surface area contributed by atoms with Gasteiger partial charge in [0.2, 0.25) is 0 Å². The van der Waals surface area contributed by atoms with Crippen molar-refractivity contribution in [2.75, 3.05) is 7.11 Å². The number of nitrogens with zero attached hydrogens (tertiary/aromatic N) is 3. The number of hydrogen-bond donors (Lipinski definition) is 0. The summed E-state index contributed by atoms with van der Waals surface area (Å²) in [6.45, 7) is 0.817. The highest BCUT2D eigenvalue weighted by Gasteiger charge is 2.30. The molecule has 0 amide bonds. The van der Waals surface area contributed by atoms with E-state index < -0.39 is 0 Å². The first kappa shape index (κ1) is 17.6. The summed E-state index contributed by atoms with van der Waals surface area (Å²) in [4.78, 5) is 0. The van der Waals surface area contributed by atoms with Gasteiger partial charge in [0.05, 0.1) is 13.7 Å². The van der Waals surface area contributed by atoms with Gasteiger partial charge in [0.1, 0.15) is 11.6 Å². The van der Waals surface area contributed by atoms with Gasteiger partial charge in [0, 0.05) is 21.7 Å². The summed E-state index contributed by atoms with van der Waals surface area (Å²) in [7, 11) is 1.71. The Bertz CT molecular complexity index is 893. The molecule has 1 saturated carbocycles. The summed E-state index contributed by atoms with van der Waals surface area (Å²) >= 11 is 5.26. The van der Waals surface area contributed by atoms with E-state index in [2.05, 4.69) is 61.0 Å². The van der Waals surface area contributed by atoms with Crippen LogP contribution in [0.25, 0.3) is 0 Å². The molecule has 4 rings (SSSR count). The zero-order valence-electron chi connectivity index (χ0n) is 14.6. The molecule has 26 heavy (non-hydrogen) atoms. The van der Waals surface area contributed by atoms with Crippen LogP contribution in [0.15, 0.2) is 58.2 Å². The molecule has 0 saturated heterocycles. The summed E-state index contributed by atoms with van der Waals surface area (Å²) in [5.41, 5.74) is 2.42. The molecular weight excluding hydrogens is 410 g/mol. The predicted molar refractivity (Wildman–Crippen MR) is 108 cm³/mol. The van der Waals surface area contributed by atoms with E-state index >= 15 is 0 Å². The van der Waals surface area contributed by atoms with Gasteiger partial charge in [-0.2, -0.15) is 0 Å². The van der Waals surface area contributed by atoms with Crippen LogP contribution in [0.3, 0.4) is 0 Å². The lowest BCUT2D eigenvalue weighted by Crippen LogP contribution is -2.06. The number of thioether (sulfide) groups is 1. The van der Waals surface area contributed by atoms with Gasteiger partial charge in [0.15, 0.2) is 5.16 Å². The maximum absolute atomic E-state index is 5.49. The van der Waals surface area contributed by atoms with Crippen molar-refractivity contribution in [2.24, 2.45) is 0 Å². The van der Waals surface area contributed by atoms with Crippen LogP contribution < -0.4 is 4.74 Å². The zero-order chi connectivity index (χ0) is 17.9. The van der Waals surface area contributed by atoms with Gasteiger partial charge in [-0.25, -0.2) is 0 Å². The van der Waals surface area contributed by atoms with Crippen LogP contribution >= 0.6 is 27.7 Å². The van der Waals surface area contributed by atoms with E-state index in [9.17, 15) is 0 Å². The number of benzene rings is 2. The van der Waals surface area contributed by atoms with Crippen LogP contribution in [0.1, 0.15) is 35.7 Å². The Morgan fingerprint density at radius 3 is 2.69 bits per heavy atom. The lowest BCUT2D eigenvalue weighted by molar-refractivity contribution is 0.411. The fraction of sp³-hybridized carbons (Fsp3) is 0.300. The minimum atomic E-state index is 0.570. The minimum absolute atomic E-state index is 0.570. The molecule has 4 nitrogen and oxygen atoms in total. The van der Waals surface area contributed by atoms with Gasteiger partial charge >= 0.3 is 0 Å². The highest BCUT2D eigenvalue weighted by atomic mass is 79.9. The first-order valence-electron chi connectivity index (χ1n) is 8.67. The molecule has 2 aromatic carbocycles. The second kappa shape index (κ2) is 7.84. The first-order chi connectivity index (χ1) is 12.7. The largest absolute Gasteiger partial charge is 0.496 e. The Morgan fingerprint density at radius 2 is 1.96 bits per heavy atom. The van der Waals surface area contributed by atoms with E-state index in [0.29, 0.717) is 5.92 Å². The van der Waals surface area contributed by atoms with Crippen LogP contribution in [0.2, 0.25) is 0 Å². The Kier molecular flexibility index (Phi) is 5.31. The molecule has 0 N–H and O–H groups in total. The summed E-state index contributed by atoms with van der Waals surface area (Å²) in [6.07, 6.45) is 2.44. The molecule has 1 aliphatic carbocycles. The van der Waals surface area contributed by atoms with E-state index in [-0.39, 0.29) is 0 Å². The normalized spacial score (nSPS) is 13.8. The molecule has 0 bridgehead atoms. The first-order valence-corrected chi connectivity index (χ1v) is 10.4. The van der Waals surface area contributed by atoms with E-state index in [1.807, 2.05) is 18.2 Å². The molecule has 6 heteroatoms. The SMILES string of the molecule is COc1ccc(Br)cc1CSc1nnc(C2CC2)n1Cc1ccccc1. The Hall–Kier alpha value is -1.79. The van der Waals surface area contributed by atoms with Gasteiger partial charge in [0.25, 0.3) is 0 Å². The maximum atomic E-state index is 5.49. The zero-order valence-corrected chi connectivity index (χ0v) is 17.0. The third-order valence-corrected chi connectivity index (χ3v) is 5.98. The van der Waals surface area contributed by atoms with Crippen molar-refractivity contribution in [1.82, 2.24) is 14.8 Å². The topological polar surface area (TPSA) is 39.9 Å². The third-order valence-electron chi connectivity index (χ3n) is 4.47. The van der Waals surface area contributed by atoms with Crippen molar-refractivity contribution in [2.45, 2.75) is 36.2 Å². The molecular formula is C20H20BrN3OS. The summed E-state index contributed by atoms with van der Waals surface area (Å²) in [6, 6.07) is 16.6. The van der Waals surface area contributed by atoms with Gasteiger partial charge in [-0.05, 0) is 36.6 Å². The number of rotatable bonds is 7. The van der Waals surface area contributed by atoms with Crippen molar-refractivity contribution in [3.05, 3.63) is 70.0 Å². The van der Waals surface area contributed by atoms with Crippen molar-refractivity contribution >= 4 is 27.7 Å². The second-order valence-electron chi connectivity index (χ2n) is 6.43. The van der Waals surface area contributed by atoms with Gasteiger partial charge in [-0.1, -0.05) is 58.0 Å². The number of methoxy groups -OCH3 is 1. The molecule has 0 spiro atoms. The van der Waals surface area contributed by atoms with Crippen LogP contribution in [0.5, 0.6) is 5.75 Å². The van der Waals surface area contributed by atoms with Crippen LogP contribution in [-0.2, 0) is 12.3 Å². The van der Waals surface area contributed by atoms with Crippen molar-refractivity contribution in [1.29, 1.82) is 0 Å². The molecule has 134 valence electrons. The van der Waals surface area contributed by atoms with Crippen LogP contribution in [-0.4, -0.2) is 21.9 Å². The van der Waals surface area contributed by atoms with Crippen LogP contribution in [0.4, 0.5) is 0 Å². The standard InChI is InChI=1S/C20H20BrN3OS/c1-25-18-10-9-17(21)11-16(18)13-26-20-23-22-19(15-7-8-15)24(20)12-14-5-3-2-4-6-14/h2-6,9-11,15H,7-8,12-13H2,1H3. The van der Waals surface area contributed by atoms with Crippen molar-refractivity contribution in [3.63, 3.8) is 0 Å².